The van der Waals surface area contributed by atoms with Crippen molar-refractivity contribution in [2.75, 3.05) is 11.1 Å². The summed E-state index contributed by atoms with van der Waals surface area (Å²) in [5, 5.41) is 6.79. The number of rotatable bonds is 2. The van der Waals surface area contributed by atoms with Crippen LogP contribution in [0.5, 0.6) is 0 Å². The van der Waals surface area contributed by atoms with Crippen LogP contribution in [-0.4, -0.2) is 16.0 Å². The van der Waals surface area contributed by atoms with Crippen LogP contribution in [0.1, 0.15) is 16.2 Å². The molecule has 0 fully saturated rings. The number of aromatic nitrogens is 2. The molecule has 0 spiro atoms. The summed E-state index contributed by atoms with van der Waals surface area (Å²) in [5.74, 6) is -0.806. The maximum absolute atomic E-state index is 13.1. The van der Waals surface area contributed by atoms with Crippen LogP contribution in [0, 0.1) is 12.7 Å². The summed E-state index contributed by atoms with van der Waals surface area (Å²) < 4.78 is 18.0. The van der Waals surface area contributed by atoms with Gasteiger partial charge in [-0.25, -0.2) is 4.39 Å². The van der Waals surface area contributed by atoms with Crippen LogP contribution >= 0.6 is 0 Å². The number of aryl methyl sites for hydroxylation is 1. The van der Waals surface area contributed by atoms with Crippen molar-refractivity contribution in [3.63, 3.8) is 0 Å². The van der Waals surface area contributed by atoms with Gasteiger partial charge in [-0.2, -0.15) is 0 Å². The number of fused-ring (bicyclic) bond motifs is 1. The van der Waals surface area contributed by atoms with Crippen molar-refractivity contribution in [3.05, 3.63) is 47.7 Å². The molecule has 0 aliphatic heterocycles. The Morgan fingerprint density at radius 2 is 2.19 bits per heavy atom. The van der Waals surface area contributed by atoms with Gasteiger partial charge in [0.15, 0.2) is 0 Å². The van der Waals surface area contributed by atoms with Crippen molar-refractivity contribution >= 4 is 28.2 Å². The lowest BCUT2D eigenvalue weighted by Crippen LogP contribution is -2.13. The Balaban J connectivity index is 1.96. The smallest absolute Gasteiger partial charge is 0.294 e. The Labute approximate surface area is 118 Å². The summed E-state index contributed by atoms with van der Waals surface area (Å²) in [6.45, 7) is 1.71. The Morgan fingerprint density at radius 3 is 2.90 bits per heavy atom. The molecule has 2 heterocycles. The van der Waals surface area contributed by atoms with E-state index in [9.17, 15) is 9.18 Å². The number of halogens is 1. The Morgan fingerprint density at radius 1 is 1.38 bits per heavy atom. The van der Waals surface area contributed by atoms with Crippen LogP contribution in [0.25, 0.3) is 10.9 Å². The molecule has 21 heavy (non-hydrogen) atoms. The number of hydrogen-bond donors (Lipinski definition) is 2. The van der Waals surface area contributed by atoms with Gasteiger partial charge in [0.25, 0.3) is 5.91 Å². The summed E-state index contributed by atoms with van der Waals surface area (Å²) in [4.78, 5) is 16.1. The molecule has 0 saturated heterocycles. The Kier molecular flexibility index (Phi) is 3.02. The topological polar surface area (TPSA) is 94.0 Å². The Hall–Kier alpha value is -2.96. The molecule has 0 saturated carbocycles. The first-order valence-corrected chi connectivity index (χ1v) is 6.13. The van der Waals surface area contributed by atoms with Gasteiger partial charge in [0.1, 0.15) is 5.82 Å². The monoisotopic (exact) mass is 286 g/mol. The van der Waals surface area contributed by atoms with E-state index in [1.165, 1.54) is 30.5 Å². The highest BCUT2D eigenvalue weighted by Crippen LogP contribution is 2.27. The molecule has 0 radical (unpaired) electrons. The first-order valence-electron chi connectivity index (χ1n) is 6.13. The standard InChI is InChI=1S/C14H11FN4O2/c1-7-4-12(21-19-7)14(20)18-11-6-17-10-5-8(15)2-3-9(10)13(11)16/h2-6H,1H3,(H2,16,17)(H,18,20). The number of nitrogens with zero attached hydrogens (tertiary/aromatic N) is 2. The normalized spacial score (nSPS) is 10.8. The molecule has 3 rings (SSSR count). The summed E-state index contributed by atoms with van der Waals surface area (Å²) in [7, 11) is 0. The second-order valence-electron chi connectivity index (χ2n) is 4.53. The lowest BCUT2D eigenvalue weighted by atomic mass is 10.1. The van der Waals surface area contributed by atoms with E-state index in [2.05, 4.69) is 15.5 Å². The molecule has 3 N–H and O–H groups in total. The molecular formula is C14H11FN4O2. The maximum atomic E-state index is 13.1. The molecule has 1 amide bonds. The van der Waals surface area contributed by atoms with Gasteiger partial charge >= 0.3 is 0 Å². The van der Waals surface area contributed by atoms with Gasteiger partial charge in [-0.1, -0.05) is 5.16 Å². The molecule has 2 aromatic heterocycles. The highest BCUT2D eigenvalue weighted by molar-refractivity contribution is 6.07. The minimum atomic E-state index is -0.481. The van der Waals surface area contributed by atoms with Gasteiger partial charge in [-0.3, -0.25) is 9.78 Å². The zero-order chi connectivity index (χ0) is 15.0. The Bertz CT molecular complexity index is 844. The fourth-order valence-corrected chi connectivity index (χ4v) is 1.94. The third-order valence-corrected chi connectivity index (χ3v) is 2.97. The number of carbonyl (C=O) groups is 1. The van der Waals surface area contributed by atoms with E-state index in [-0.39, 0.29) is 5.76 Å². The van der Waals surface area contributed by atoms with Gasteiger partial charge in [-0.05, 0) is 19.1 Å². The van der Waals surface area contributed by atoms with Crippen molar-refractivity contribution < 1.29 is 13.7 Å². The molecular weight excluding hydrogens is 275 g/mol. The van der Waals surface area contributed by atoms with E-state index in [0.29, 0.717) is 28.0 Å². The predicted molar refractivity (Wildman–Crippen MR) is 75.3 cm³/mol. The number of amides is 1. The molecule has 3 aromatic rings. The van der Waals surface area contributed by atoms with Crippen LogP contribution in [0.3, 0.4) is 0 Å². The van der Waals surface area contributed by atoms with E-state index < -0.39 is 11.7 Å². The van der Waals surface area contributed by atoms with Gasteiger partial charge in [-0.15, -0.1) is 0 Å². The minimum absolute atomic E-state index is 0.0751. The van der Waals surface area contributed by atoms with E-state index in [0.717, 1.165) is 0 Å². The first-order chi connectivity index (χ1) is 10.0. The zero-order valence-electron chi connectivity index (χ0n) is 11.1. The van der Waals surface area contributed by atoms with Gasteiger partial charge in [0, 0.05) is 17.5 Å². The number of nitrogen functional groups attached to an aromatic ring is 1. The molecule has 0 unspecified atom stereocenters. The van der Waals surface area contributed by atoms with Crippen molar-refractivity contribution in [3.8, 4) is 0 Å². The van der Waals surface area contributed by atoms with Crippen LogP contribution in [0.15, 0.2) is 35.0 Å². The van der Waals surface area contributed by atoms with E-state index in [1.54, 1.807) is 6.92 Å². The molecule has 1 aromatic carbocycles. The van der Waals surface area contributed by atoms with Crippen molar-refractivity contribution in [1.82, 2.24) is 10.1 Å². The highest BCUT2D eigenvalue weighted by atomic mass is 19.1. The number of hydrogen-bond acceptors (Lipinski definition) is 5. The largest absolute Gasteiger partial charge is 0.396 e. The summed E-state index contributed by atoms with van der Waals surface area (Å²) in [6.07, 6.45) is 1.37. The van der Waals surface area contributed by atoms with Crippen molar-refractivity contribution in [1.29, 1.82) is 0 Å². The third-order valence-electron chi connectivity index (χ3n) is 2.97. The molecule has 0 atom stereocenters. The number of anilines is 2. The fraction of sp³-hybridized carbons (Fsp3) is 0.0714. The van der Waals surface area contributed by atoms with E-state index in [1.807, 2.05) is 0 Å². The molecule has 106 valence electrons. The number of nitrogens with one attached hydrogen (secondary N) is 1. The average molecular weight is 286 g/mol. The number of carbonyl (C=O) groups excluding carboxylic acids is 1. The summed E-state index contributed by atoms with van der Waals surface area (Å²) in [6, 6.07) is 5.58. The molecule has 0 bridgehead atoms. The molecule has 0 aliphatic carbocycles. The average Bonchev–Trinajstić information content (AvgIpc) is 2.88. The van der Waals surface area contributed by atoms with Crippen LogP contribution < -0.4 is 11.1 Å². The van der Waals surface area contributed by atoms with Crippen molar-refractivity contribution in [2.24, 2.45) is 0 Å². The second-order valence-corrected chi connectivity index (χ2v) is 4.53. The van der Waals surface area contributed by atoms with Crippen LogP contribution in [0.2, 0.25) is 0 Å². The lowest BCUT2D eigenvalue weighted by Gasteiger charge is -2.09. The molecule has 0 aliphatic rings. The number of pyridine rings is 1. The third kappa shape index (κ3) is 2.40. The van der Waals surface area contributed by atoms with Gasteiger partial charge in [0.05, 0.1) is 28.8 Å². The fourth-order valence-electron chi connectivity index (χ4n) is 1.94. The van der Waals surface area contributed by atoms with Crippen molar-refractivity contribution in [2.45, 2.75) is 6.92 Å². The first kappa shape index (κ1) is 13.0. The zero-order valence-corrected chi connectivity index (χ0v) is 11.1. The van der Waals surface area contributed by atoms with E-state index in [4.69, 9.17) is 10.3 Å². The maximum Gasteiger partial charge on any atom is 0.294 e. The number of benzene rings is 1. The SMILES string of the molecule is Cc1cc(C(=O)Nc2cnc3cc(F)ccc3c2N)on1. The summed E-state index contributed by atoms with van der Waals surface area (Å²) in [5.41, 5.74) is 7.63. The molecule has 6 nitrogen and oxygen atoms in total. The lowest BCUT2D eigenvalue weighted by molar-refractivity contribution is 0.0988. The second kappa shape index (κ2) is 4.86. The van der Waals surface area contributed by atoms with Gasteiger partial charge < -0.3 is 15.6 Å². The van der Waals surface area contributed by atoms with Crippen LogP contribution in [0.4, 0.5) is 15.8 Å². The predicted octanol–water partition coefficient (Wildman–Crippen LogP) is 2.50. The summed E-state index contributed by atoms with van der Waals surface area (Å²) >= 11 is 0. The van der Waals surface area contributed by atoms with E-state index >= 15 is 0 Å². The highest BCUT2D eigenvalue weighted by Gasteiger charge is 2.14. The quantitative estimate of drug-likeness (QED) is 0.754. The number of nitrogens with two attached hydrogens (primary N) is 1. The molecule has 7 heteroatoms. The van der Waals surface area contributed by atoms with Gasteiger partial charge in [0.2, 0.25) is 5.76 Å². The van der Waals surface area contributed by atoms with Crippen LogP contribution in [-0.2, 0) is 0 Å². The minimum Gasteiger partial charge on any atom is -0.396 e.